The van der Waals surface area contributed by atoms with Crippen LogP contribution in [0.15, 0.2) is 47.4 Å². The van der Waals surface area contributed by atoms with Gasteiger partial charge in [-0.05, 0) is 57.2 Å². The van der Waals surface area contributed by atoms with Crippen LogP contribution in [0.1, 0.15) is 45.0 Å². The number of carbonyl (C=O) groups excluding carboxylic acids is 2. The van der Waals surface area contributed by atoms with E-state index in [1.807, 2.05) is 20.8 Å². The van der Waals surface area contributed by atoms with Gasteiger partial charge in [0, 0.05) is 37.0 Å². The van der Waals surface area contributed by atoms with Crippen LogP contribution in [0.2, 0.25) is 0 Å². The third-order valence-corrected chi connectivity index (χ3v) is 7.76. The Kier molecular flexibility index (Phi) is 7.14. The molecule has 0 spiro atoms. The molecule has 0 bridgehead atoms. The van der Waals surface area contributed by atoms with Crippen molar-refractivity contribution in [3.05, 3.63) is 48.0 Å². The minimum absolute atomic E-state index is 0.0136. The lowest BCUT2D eigenvalue weighted by molar-refractivity contribution is -0.127. The Morgan fingerprint density at radius 1 is 1.09 bits per heavy atom. The van der Waals surface area contributed by atoms with Crippen LogP contribution in [0.5, 0.6) is 5.75 Å². The van der Waals surface area contributed by atoms with Gasteiger partial charge in [-0.25, -0.2) is 8.42 Å². The molecule has 1 N–H and O–H groups in total. The average Bonchev–Trinajstić information content (AvgIpc) is 2.88. The number of ether oxygens (including phenoxy) is 1. The molecule has 178 valence electrons. The van der Waals surface area contributed by atoms with Gasteiger partial charge in [-0.1, -0.05) is 13.8 Å². The van der Waals surface area contributed by atoms with Gasteiger partial charge in [-0.15, -0.1) is 0 Å². The number of carbonyl (C=O) groups is 2. The minimum Gasteiger partial charge on any atom is -0.490 e. The summed E-state index contributed by atoms with van der Waals surface area (Å²) in [7, 11) is -3.59. The second-order valence-corrected chi connectivity index (χ2v) is 10.4. The Hall–Kier alpha value is -2.91. The van der Waals surface area contributed by atoms with Gasteiger partial charge >= 0.3 is 0 Å². The van der Waals surface area contributed by atoms with Crippen molar-refractivity contribution >= 4 is 33.2 Å². The molecule has 33 heavy (non-hydrogen) atoms. The predicted molar refractivity (Wildman–Crippen MR) is 128 cm³/mol. The number of benzene rings is 2. The monoisotopic (exact) mass is 473 g/mol. The van der Waals surface area contributed by atoms with Gasteiger partial charge in [0.2, 0.25) is 15.9 Å². The SMILES string of the molecule is CCN1C(=O)C(C)(C)COc2cc(NC(=O)c3ccc(S(=O)(=O)N(CC)CC)cc3)ccc21. The molecule has 2 amide bonds. The fourth-order valence-electron chi connectivity index (χ4n) is 3.73. The van der Waals surface area contributed by atoms with Gasteiger partial charge in [-0.3, -0.25) is 9.59 Å². The molecule has 0 saturated heterocycles. The Labute approximate surface area is 195 Å². The summed E-state index contributed by atoms with van der Waals surface area (Å²) in [6, 6.07) is 11.0. The van der Waals surface area contributed by atoms with Gasteiger partial charge in [0.05, 0.1) is 16.0 Å². The van der Waals surface area contributed by atoms with E-state index in [2.05, 4.69) is 5.32 Å². The summed E-state index contributed by atoms with van der Waals surface area (Å²) >= 11 is 0. The van der Waals surface area contributed by atoms with E-state index in [4.69, 9.17) is 4.74 Å². The molecule has 2 aromatic carbocycles. The molecule has 1 aliphatic rings. The maximum absolute atomic E-state index is 12.8. The summed E-state index contributed by atoms with van der Waals surface area (Å²) in [6.07, 6.45) is 0. The van der Waals surface area contributed by atoms with E-state index < -0.39 is 15.4 Å². The minimum atomic E-state index is -3.59. The summed E-state index contributed by atoms with van der Waals surface area (Å²) in [5.41, 5.74) is 0.848. The molecule has 8 nitrogen and oxygen atoms in total. The van der Waals surface area contributed by atoms with Gasteiger partial charge in [-0.2, -0.15) is 4.31 Å². The lowest BCUT2D eigenvalue weighted by Gasteiger charge is -2.26. The van der Waals surface area contributed by atoms with Crippen LogP contribution in [0, 0.1) is 5.41 Å². The van der Waals surface area contributed by atoms with Crippen LogP contribution in [-0.4, -0.2) is 50.8 Å². The molecular formula is C24H31N3O5S. The molecule has 9 heteroatoms. The zero-order valence-corrected chi connectivity index (χ0v) is 20.5. The largest absolute Gasteiger partial charge is 0.490 e. The maximum Gasteiger partial charge on any atom is 0.255 e. The third kappa shape index (κ3) is 4.89. The Morgan fingerprint density at radius 3 is 2.30 bits per heavy atom. The van der Waals surface area contributed by atoms with Crippen LogP contribution in [0.4, 0.5) is 11.4 Å². The quantitative estimate of drug-likeness (QED) is 0.661. The van der Waals surface area contributed by atoms with E-state index >= 15 is 0 Å². The Bertz CT molecular complexity index is 1140. The van der Waals surface area contributed by atoms with Gasteiger partial charge in [0.15, 0.2) is 0 Å². The highest BCUT2D eigenvalue weighted by Gasteiger charge is 2.37. The number of amides is 2. The summed E-state index contributed by atoms with van der Waals surface area (Å²) in [5.74, 6) is 0.133. The highest BCUT2D eigenvalue weighted by atomic mass is 32.2. The number of anilines is 2. The van der Waals surface area contributed by atoms with Crippen molar-refractivity contribution in [2.45, 2.75) is 39.5 Å². The van der Waals surface area contributed by atoms with Crippen molar-refractivity contribution < 1.29 is 22.7 Å². The van der Waals surface area contributed by atoms with Crippen molar-refractivity contribution in [2.75, 3.05) is 36.5 Å². The van der Waals surface area contributed by atoms with Crippen LogP contribution in [0.3, 0.4) is 0 Å². The molecule has 0 atom stereocenters. The molecule has 0 aromatic heterocycles. The maximum atomic E-state index is 12.8. The molecule has 0 unspecified atom stereocenters. The highest BCUT2D eigenvalue weighted by molar-refractivity contribution is 7.89. The number of sulfonamides is 1. The van der Waals surface area contributed by atoms with E-state index in [0.717, 1.165) is 0 Å². The topological polar surface area (TPSA) is 96.0 Å². The van der Waals surface area contributed by atoms with Crippen molar-refractivity contribution in [2.24, 2.45) is 5.41 Å². The summed E-state index contributed by atoms with van der Waals surface area (Å²) in [6.45, 7) is 10.6. The second kappa shape index (κ2) is 9.52. The molecule has 2 aromatic rings. The van der Waals surface area contributed by atoms with Gasteiger partial charge < -0.3 is 15.0 Å². The van der Waals surface area contributed by atoms with Crippen molar-refractivity contribution in [3.63, 3.8) is 0 Å². The standard InChI is InChI=1S/C24H31N3O5S/c1-6-26(7-2)33(30,31)19-12-9-17(10-13-19)22(28)25-18-11-14-20-21(15-18)32-16-24(4,5)23(29)27(20)8-3/h9-15H,6-8,16H2,1-5H3,(H,25,28). The smallest absolute Gasteiger partial charge is 0.255 e. The number of rotatable bonds is 7. The fraction of sp³-hybridized carbons (Fsp3) is 0.417. The highest BCUT2D eigenvalue weighted by Crippen LogP contribution is 2.38. The van der Waals surface area contributed by atoms with Crippen molar-refractivity contribution in [3.8, 4) is 5.75 Å². The summed E-state index contributed by atoms with van der Waals surface area (Å²) in [5, 5.41) is 2.81. The lowest BCUT2D eigenvalue weighted by Crippen LogP contribution is -2.42. The van der Waals surface area contributed by atoms with Gasteiger partial charge in [0.25, 0.3) is 5.91 Å². The van der Waals surface area contributed by atoms with Crippen LogP contribution >= 0.6 is 0 Å². The lowest BCUT2D eigenvalue weighted by atomic mass is 9.93. The predicted octanol–water partition coefficient (Wildman–Crippen LogP) is 3.74. The van der Waals surface area contributed by atoms with Crippen LogP contribution in [-0.2, 0) is 14.8 Å². The Morgan fingerprint density at radius 2 is 1.73 bits per heavy atom. The average molecular weight is 474 g/mol. The molecule has 1 heterocycles. The van der Waals surface area contributed by atoms with Crippen LogP contribution < -0.4 is 15.0 Å². The van der Waals surface area contributed by atoms with E-state index in [0.29, 0.717) is 42.3 Å². The number of fused-ring (bicyclic) bond motifs is 1. The molecule has 0 saturated carbocycles. The van der Waals surface area contributed by atoms with Crippen molar-refractivity contribution in [1.82, 2.24) is 4.31 Å². The number of hydrogen-bond acceptors (Lipinski definition) is 5. The summed E-state index contributed by atoms with van der Waals surface area (Å²) < 4.78 is 32.5. The molecule has 3 rings (SSSR count). The fourth-order valence-corrected chi connectivity index (χ4v) is 5.19. The third-order valence-electron chi connectivity index (χ3n) is 5.70. The summed E-state index contributed by atoms with van der Waals surface area (Å²) in [4.78, 5) is 27.4. The number of hydrogen-bond donors (Lipinski definition) is 1. The van der Waals surface area contributed by atoms with E-state index in [9.17, 15) is 18.0 Å². The van der Waals surface area contributed by atoms with Gasteiger partial charge in [0.1, 0.15) is 12.4 Å². The van der Waals surface area contributed by atoms with Crippen LogP contribution in [0.25, 0.3) is 0 Å². The first-order chi connectivity index (χ1) is 15.5. The first-order valence-electron chi connectivity index (χ1n) is 11.1. The van der Waals surface area contributed by atoms with E-state index in [-0.39, 0.29) is 23.3 Å². The van der Waals surface area contributed by atoms with E-state index in [1.165, 1.54) is 28.6 Å². The van der Waals surface area contributed by atoms with E-state index in [1.54, 1.807) is 36.9 Å². The molecule has 1 aliphatic heterocycles. The molecule has 0 radical (unpaired) electrons. The molecule has 0 aliphatic carbocycles. The second-order valence-electron chi connectivity index (χ2n) is 8.47. The normalized spacial score (nSPS) is 15.6. The molecular weight excluding hydrogens is 442 g/mol. The Balaban J connectivity index is 1.81. The number of nitrogens with one attached hydrogen (secondary N) is 1. The number of nitrogens with zero attached hydrogens (tertiary/aromatic N) is 2. The zero-order valence-electron chi connectivity index (χ0n) is 19.7. The first kappa shape index (κ1) is 24.7. The first-order valence-corrected chi connectivity index (χ1v) is 12.5. The molecule has 0 fully saturated rings. The zero-order chi connectivity index (χ0) is 24.4. The van der Waals surface area contributed by atoms with Crippen molar-refractivity contribution in [1.29, 1.82) is 0 Å².